The number of nitrogens with zero attached hydrogens (tertiary/aromatic N) is 3. The monoisotopic (exact) mass is 392 g/mol. The molecular formula is C20H16N4O3S. The molecule has 1 aliphatic heterocycles. The lowest BCUT2D eigenvalue weighted by molar-refractivity contribution is -0.117. The van der Waals surface area contributed by atoms with Crippen LogP contribution < -0.4 is 10.4 Å². The summed E-state index contributed by atoms with van der Waals surface area (Å²) in [7, 11) is 0. The molecule has 0 radical (unpaired) electrons. The third kappa shape index (κ3) is 3.77. The highest BCUT2D eigenvalue weighted by Crippen LogP contribution is 2.26. The van der Waals surface area contributed by atoms with Gasteiger partial charge in [-0.15, -0.1) is 11.3 Å². The number of amides is 2. The van der Waals surface area contributed by atoms with Gasteiger partial charge in [0.25, 0.3) is 5.91 Å². The van der Waals surface area contributed by atoms with Crippen LogP contribution in [0.2, 0.25) is 0 Å². The van der Waals surface area contributed by atoms with Crippen molar-refractivity contribution >= 4 is 34.7 Å². The van der Waals surface area contributed by atoms with Crippen molar-refractivity contribution < 1.29 is 14.3 Å². The maximum atomic E-state index is 12.6. The highest BCUT2D eigenvalue weighted by Gasteiger charge is 2.27. The highest BCUT2D eigenvalue weighted by atomic mass is 32.1. The van der Waals surface area contributed by atoms with Gasteiger partial charge in [0.15, 0.2) is 0 Å². The summed E-state index contributed by atoms with van der Waals surface area (Å²) in [4.78, 5) is 33.6. The molecule has 0 spiro atoms. The minimum absolute atomic E-state index is 0.108. The third-order valence-electron chi connectivity index (χ3n) is 4.07. The summed E-state index contributed by atoms with van der Waals surface area (Å²) in [5.41, 5.74) is 5.25. The van der Waals surface area contributed by atoms with Crippen LogP contribution in [0.1, 0.15) is 16.1 Å². The second-order valence-corrected chi connectivity index (χ2v) is 6.82. The largest absolute Gasteiger partial charge is 0.443 e. The number of anilines is 1. The predicted octanol–water partition coefficient (Wildman–Crippen LogP) is 3.17. The fraction of sp³-hybridized carbons (Fsp3) is 0.100. The molecule has 1 aromatic heterocycles. The summed E-state index contributed by atoms with van der Waals surface area (Å²) >= 11 is 1.44. The summed E-state index contributed by atoms with van der Waals surface area (Å²) in [6.45, 7) is -0.000224. The average molecular weight is 392 g/mol. The quantitative estimate of drug-likeness (QED) is 0.739. The fourth-order valence-electron chi connectivity index (χ4n) is 2.80. The number of carbonyl (C=O) groups excluding carboxylic acids is 2. The van der Waals surface area contributed by atoms with Crippen LogP contribution in [0.25, 0.3) is 0 Å². The molecule has 0 aliphatic carbocycles. The molecule has 1 N–H and O–H groups in total. The number of benzodiazepines with no additional fused rings is 1. The summed E-state index contributed by atoms with van der Waals surface area (Å²) in [6, 6.07) is 16.6. The van der Waals surface area contributed by atoms with E-state index in [0.29, 0.717) is 22.0 Å². The zero-order valence-electron chi connectivity index (χ0n) is 14.7. The molecule has 0 saturated heterocycles. The zero-order valence-corrected chi connectivity index (χ0v) is 15.6. The van der Waals surface area contributed by atoms with Crippen molar-refractivity contribution in [1.29, 1.82) is 0 Å². The van der Waals surface area contributed by atoms with E-state index >= 15 is 0 Å². The summed E-state index contributed by atoms with van der Waals surface area (Å²) < 4.78 is 5.24. The van der Waals surface area contributed by atoms with Crippen LogP contribution in [-0.2, 0) is 16.1 Å². The Morgan fingerprint density at radius 2 is 1.93 bits per heavy atom. The Balaban J connectivity index is 1.56. The van der Waals surface area contributed by atoms with E-state index in [2.05, 4.69) is 15.4 Å². The lowest BCUT2D eigenvalue weighted by Gasteiger charge is -2.22. The first-order chi connectivity index (χ1) is 13.7. The van der Waals surface area contributed by atoms with Crippen LogP contribution in [0.3, 0.4) is 0 Å². The molecule has 0 bridgehead atoms. The van der Waals surface area contributed by atoms with Gasteiger partial charge in [-0.2, -0.15) is 0 Å². The number of rotatable bonds is 4. The van der Waals surface area contributed by atoms with Crippen LogP contribution in [0.4, 0.5) is 10.5 Å². The Labute approximate surface area is 165 Å². The van der Waals surface area contributed by atoms with Crippen LogP contribution >= 0.6 is 11.3 Å². The number of para-hydroxylation sites is 1. The number of thiazole rings is 1. The maximum absolute atomic E-state index is 12.6. The lowest BCUT2D eigenvalue weighted by Crippen LogP contribution is -2.47. The average Bonchev–Trinajstić information content (AvgIpc) is 3.22. The summed E-state index contributed by atoms with van der Waals surface area (Å²) in [6.07, 6.45) is 0.971. The standard InChI is InChI=1S/C20H16N4O3S/c25-17-12-22-18(19-21-10-11-28-19)15-8-4-5-9-16(15)24(17)23-20(26)27-13-14-6-2-1-3-7-14/h1-11H,12-13H2,(H,23,26). The van der Waals surface area contributed by atoms with Gasteiger partial charge in [0.05, 0.1) is 5.69 Å². The van der Waals surface area contributed by atoms with Crippen LogP contribution in [0, 0.1) is 0 Å². The Kier molecular flexibility index (Phi) is 5.11. The summed E-state index contributed by atoms with van der Waals surface area (Å²) in [5.74, 6) is -0.365. The van der Waals surface area contributed by atoms with Crippen LogP contribution in [0.15, 0.2) is 71.2 Å². The van der Waals surface area contributed by atoms with E-state index in [1.165, 1.54) is 16.3 Å². The Hall–Kier alpha value is -3.52. The van der Waals surface area contributed by atoms with Gasteiger partial charge in [0.1, 0.15) is 23.9 Å². The predicted molar refractivity (Wildman–Crippen MR) is 106 cm³/mol. The number of nitrogens with one attached hydrogen (secondary N) is 1. The van der Waals surface area contributed by atoms with E-state index in [9.17, 15) is 9.59 Å². The number of carbonyl (C=O) groups is 2. The van der Waals surface area contributed by atoms with Crippen LogP contribution in [0.5, 0.6) is 0 Å². The van der Waals surface area contributed by atoms with Gasteiger partial charge in [0.2, 0.25) is 0 Å². The first kappa shape index (κ1) is 17.9. The first-order valence-electron chi connectivity index (χ1n) is 8.56. The first-order valence-corrected chi connectivity index (χ1v) is 9.44. The van der Waals surface area contributed by atoms with Gasteiger partial charge in [-0.05, 0) is 11.6 Å². The molecule has 0 fully saturated rings. The van der Waals surface area contributed by atoms with E-state index in [1.54, 1.807) is 18.3 Å². The number of hydrogen-bond acceptors (Lipinski definition) is 6. The second kappa shape index (κ2) is 8.01. The van der Waals surface area contributed by atoms with E-state index in [0.717, 1.165) is 5.56 Å². The maximum Gasteiger partial charge on any atom is 0.426 e. The molecule has 3 aromatic rings. The molecule has 1 aliphatic rings. The molecule has 2 amide bonds. The van der Waals surface area contributed by atoms with Crippen molar-refractivity contribution in [2.75, 3.05) is 11.6 Å². The van der Waals surface area contributed by atoms with Gasteiger partial charge >= 0.3 is 6.09 Å². The summed E-state index contributed by atoms with van der Waals surface area (Å²) in [5, 5.41) is 3.76. The van der Waals surface area contributed by atoms with E-state index in [1.807, 2.05) is 47.8 Å². The second-order valence-electron chi connectivity index (χ2n) is 5.92. The van der Waals surface area contributed by atoms with Gasteiger partial charge in [-0.1, -0.05) is 48.5 Å². The molecular weight excluding hydrogens is 376 g/mol. The lowest BCUT2D eigenvalue weighted by atomic mass is 10.1. The Morgan fingerprint density at radius 1 is 1.14 bits per heavy atom. The minimum Gasteiger partial charge on any atom is -0.443 e. The highest BCUT2D eigenvalue weighted by molar-refractivity contribution is 7.11. The van der Waals surface area contributed by atoms with Crippen molar-refractivity contribution in [2.45, 2.75) is 6.61 Å². The molecule has 7 nitrogen and oxygen atoms in total. The van der Waals surface area contributed by atoms with Gasteiger partial charge in [-0.3, -0.25) is 9.79 Å². The van der Waals surface area contributed by atoms with Crippen molar-refractivity contribution in [3.8, 4) is 0 Å². The van der Waals surface area contributed by atoms with Crippen molar-refractivity contribution in [1.82, 2.24) is 10.4 Å². The molecule has 8 heteroatoms. The van der Waals surface area contributed by atoms with Crippen LogP contribution in [-0.4, -0.2) is 29.2 Å². The SMILES string of the molecule is O=C(NN1C(=O)CN=C(c2nccs2)c2ccccc21)OCc1ccccc1. The zero-order chi connectivity index (χ0) is 19.3. The normalized spacial score (nSPS) is 13.4. The molecule has 4 rings (SSSR count). The molecule has 0 atom stereocenters. The Bertz CT molecular complexity index is 1020. The number of aromatic nitrogens is 1. The van der Waals surface area contributed by atoms with Gasteiger partial charge < -0.3 is 4.74 Å². The molecule has 2 heterocycles. The van der Waals surface area contributed by atoms with Crippen molar-refractivity contribution in [2.24, 2.45) is 4.99 Å². The number of hydrogen-bond donors (Lipinski definition) is 1. The van der Waals surface area contributed by atoms with Gasteiger partial charge in [-0.25, -0.2) is 20.2 Å². The topological polar surface area (TPSA) is 83.9 Å². The number of ether oxygens (including phenoxy) is 1. The number of fused-ring (bicyclic) bond motifs is 1. The smallest absolute Gasteiger partial charge is 0.426 e. The van der Waals surface area contributed by atoms with Crippen molar-refractivity contribution in [3.63, 3.8) is 0 Å². The molecule has 0 unspecified atom stereocenters. The van der Waals surface area contributed by atoms with E-state index < -0.39 is 6.09 Å². The number of benzene rings is 2. The van der Waals surface area contributed by atoms with Gasteiger partial charge in [0, 0.05) is 17.1 Å². The fourth-order valence-corrected chi connectivity index (χ4v) is 3.46. The molecule has 0 saturated carbocycles. The minimum atomic E-state index is -0.718. The van der Waals surface area contributed by atoms with E-state index in [4.69, 9.17) is 4.74 Å². The van der Waals surface area contributed by atoms with Crippen molar-refractivity contribution in [3.05, 3.63) is 82.3 Å². The molecule has 140 valence electrons. The third-order valence-corrected chi connectivity index (χ3v) is 4.85. The van der Waals surface area contributed by atoms with E-state index in [-0.39, 0.29) is 19.1 Å². The molecule has 2 aromatic carbocycles. The number of hydrazine groups is 1. The molecule has 28 heavy (non-hydrogen) atoms. The number of aliphatic imine (C=N–C) groups is 1. The Morgan fingerprint density at radius 3 is 2.71 bits per heavy atom.